The maximum Gasteiger partial charge on any atom is 0.141 e. The SMILES string of the molecule is N#Cc1cc2c(cn1)[nH]c1ncc(Cl)c(N3CCCC3)c12. The summed E-state index contributed by atoms with van der Waals surface area (Å²) in [4.78, 5) is 14.0. The molecule has 21 heavy (non-hydrogen) atoms. The van der Waals surface area contributed by atoms with Gasteiger partial charge in [-0.2, -0.15) is 5.26 Å². The molecule has 0 amide bonds. The summed E-state index contributed by atoms with van der Waals surface area (Å²) >= 11 is 6.42. The largest absolute Gasteiger partial charge is 0.370 e. The summed E-state index contributed by atoms with van der Waals surface area (Å²) in [5.74, 6) is 0. The number of H-pyrrole nitrogens is 1. The number of nitrogens with one attached hydrogen (secondary N) is 1. The molecule has 0 saturated carbocycles. The van der Waals surface area contributed by atoms with E-state index in [2.05, 4.69) is 25.9 Å². The summed E-state index contributed by atoms with van der Waals surface area (Å²) < 4.78 is 0. The van der Waals surface area contributed by atoms with Crippen molar-refractivity contribution in [2.45, 2.75) is 12.8 Å². The van der Waals surface area contributed by atoms with E-state index in [1.807, 2.05) is 0 Å². The average molecular weight is 298 g/mol. The molecule has 0 spiro atoms. The Labute approximate surface area is 126 Å². The van der Waals surface area contributed by atoms with Gasteiger partial charge in [-0.05, 0) is 18.9 Å². The van der Waals surface area contributed by atoms with Gasteiger partial charge in [-0.25, -0.2) is 9.97 Å². The quantitative estimate of drug-likeness (QED) is 0.748. The van der Waals surface area contributed by atoms with E-state index in [1.54, 1.807) is 18.5 Å². The first-order chi connectivity index (χ1) is 10.3. The van der Waals surface area contributed by atoms with Crippen LogP contribution in [0.1, 0.15) is 18.5 Å². The summed E-state index contributed by atoms with van der Waals surface area (Å²) in [6.07, 6.45) is 5.71. The molecule has 3 aromatic rings. The predicted octanol–water partition coefficient (Wildman–Crippen LogP) is 3.24. The molecule has 4 rings (SSSR count). The summed E-state index contributed by atoms with van der Waals surface area (Å²) in [7, 11) is 0. The number of pyridine rings is 2. The maximum atomic E-state index is 9.07. The molecule has 0 radical (unpaired) electrons. The Morgan fingerprint density at radius 2 is 2.05 bits per heavy atom. The van der Waals surface area contributed by atoms with Crippen molar-refractivity contribution in [3.63, 3.8) is 0 Å². The lowest BCUT2D eigenvalue weighted by Gasteiger charge is -2.20. The summed E-state index contributed by atoms with van der Waals surface area (Å²) in [5, 5.41) is 11.7. The third-order valence-electron chi connectivity index (χ3n) is 3.97. The van der Waals surface area contributed by atoms with Crippen molar-refractivity contribution in [1.29, 1.82) is 5.26 Å². The molecule has 0 bridgehead atoms. The number of nitriles is 1. The molecule has 1 aliphatic heterocycles. The number of aromatic nitrogens is 3. The normalized spacial score (nSPS) is 15.0. The van der Waals surface area contributed by atoms with E-state index in [-0.39, 0.29) is 0 Å². The molecule has 6 heteroatoms. The van der Waals surface area contributed by atoms with Crippen LogP contribution in [0.2, 0.25) is 5.02 Å². The van der Waals surface area contributed by atoms with Crippen molar-refractivity contribution in [2.24, 2.45) is 0 Å². The van der Waals surface area contributed by atoms with E-state index in [0.717, 1.165) is 40.7 Å². The van der Waals surface area contributed by atoms with Crippen molar-refractivity contribution in [3.05, 3.63) is 29.2 Å². The molecule has 4 heterocycles. The summed E-state index contributed by atoms with van der Waals surface area (Å²) in [5.41, 5.74) is 3.07. The highest BCUT2D eigenvalue weighted by molar-refractivity contribution is 6.35. The third-order valence-corrected chi connectivity index (χ3v) is 4.25. The number of rotatable bonds is 1. The van der Waals surface area contributed by atoms with Crippen LogP contribution in [0.5, 0.6) is 0 Å². The fraction of sp³-hybridized carbons (Fsp3) is 0.267. The Bertz CT molecular complexity index is 886. The Hall–Kier alpha value is -2.32. The highest BCUT2D eigenvalue weighted by atomic mass is 35.5. The molecular weight excluding hydrogens is 286 g/mol. The smallest absolute Gasteiger partial charge is 0.141 e. The maximum absolute atomic E-state index is 9.07. The number of anilines is 1. The van der Waals surface area contributed by atoms with Crippen molar-refractivity contribution >= 4 is 39.2 Å². The Balaban J connectivity index is 2.10. The highest BCUT2D eigenvalue weighted by Gasteiger charge is 2.21. The molecule has 0 aliphatic carbocycles. The third kappa shape index (κ3) is 1.83. The Morgan fingerprint density at radius 1 is 1.24 bits per heavy atom. The number of hydrogen-bond acceptors (Lipinski definition) is 4. The molecule has 1 saturated heterocycles. The zero-order chi connectivity index (χ0) is 14.4. The van der Waals surface area contributed by atoms with Gasteiger partial charge in [0.2, 0.25) is 0 Å². The van der Waals surface area contributed by atoms with Gasteiger partial charge >= 0.3 is 0 Å². The summed E-state index contributed by atoms with van der Waals surface area (Å²) in [6.45, 7) is 2.00. The molecular formula is C15H12ClN5. The lowest BCUT2D eigenvalue weighted by Crippen LogP contribution is -2.18. The standard InChI is InChI=1S/C15H12ClN5/c16-11-7-19-15-13(14(11)21-3-1-2-4-21)10-5-9(6-17)18-8-12(10)20-15/h5,7-8H,1-4H2,(H,19,20). The minimum atomic E-state index is 0.399. The Kier molecular flexibility index (Phi) is 2.72. The van der Waals surface area contributed by atoms with Crippen LogP contribution in [-0.4, -0.2) is 28.0 Å². The lowest BCUT2D eigenvalue weighted by atomic mass is 10.1. The Morgan fingerprint density at radius 3 is 2.81 bits per heavy atom. The van der Waals surface area contributed by atoms with Crippen LogP contribution >= 0.6 is 11.6 Å². The first-order valence-corrected chi connectivity index (χ1v) is 7.26. The first-order valence-electron chi connectivity index (χ1n) is 6.89. The van der Waals surface area contributed by atoms with E-state index in [0.29, 0.717) is 10.7 Å². The fourth-order valence-electron chi connectivity index (χ4n) is 3.03. The van der Waals surface area contributed by atoms with Crippen molar-refractivity contribution in [2.75, 3.05) is 18.0 Å². The lowest BCUT2D eigenvalue weighted by molar-refractivity contribution is 0.949. The van der Waals surface area contributed by atoms with Gasteiger partial charge in [-0.15, -0.1) is 0 Å². The van der Waals surface area contributed by atoms with Crippen LogP contribution in [0.25, 0.3) is 21.9 Å². The number of nitrogens with zero attached hydrogens (tertiary/aromatic N) is 4. The van der Waals surface area contributed by atoms with Gasteiger partial charge in [-0.1, -0.05) is 11.6 Å². The fourth-order valence-corrected chi connectivity index (χ4v) is 3.29. The van der Waals surface area contributed by atoms with Gasteiger partial charge < -0.3 is 9.88 Å². The topological polar surface area (TPSA) is 68.6 Å². The predicted molar refractivity (Wildman–Crippen MR) is 82.6 cm³/mol. The number of aromatic amines is 1. The zero-order valence-corrected chi connectivity index (χ0v) is 12.0. The number of halogens is 1. The highest BCUT2D eigenvalue weighted by Crippen LogP contribution is 2.39. The van der Waals surface area contributed by atoms with Crippen LogP contribution in [0.3, 0.4) is 0 Å². The van der Waals surface area contributed by atoms with E-state index in [9.17, 15) is 0 Å². The molecule has 0 atom stereocenters. The minimum absolute atomic E-state index is 0.399. The van der Waals surface area contributed by atoms with E-state index in [4.69, 9.17) is 16.9 Å². The van der Waals surface area contributed by atoms with Crippen LogP contribution in [-0.2, 0) is 0 Å². The van der Waals surface area contributed by atoms with Crippen molar-refractivity contribution in [3.8, 4) is 6.07 Å². The molecule has 1 N–H and O–H groups in total. The monoisotopic (exact) mass is 297 g/mol. The van der Waals surface area contributed by atoms with Gasteiger partial charge in [0.05, 0.1) is 34.0 Å². The van der Waals surface area contributed by atoms with Crippen LogP contribution in [0, 0.1) is 11.3 Å². The van der Waals surface area contributed by atoms with Gasteiger partial charge in [0.25, 0.3) is 0 Å². The number of fused-ring (bicyclic) bond motifs is 3. The van der Waals surface area contributed by atoms with Gasteiger partial charge in [0.1, 0.15) is 17.4 Å². The van der Waals surface area contributed by atoms with Crippen molar-refractivity contribution < 1.29 is 0 Å². The molecule has 0 unspecified atom stereocenters. The molecule has 1 aliphatic rings. The van der Waals surface area contributed by atoms with E-state index >= 15 is 0 Å². The van der Waals surface area contributed by atoms with Crippen LogP contribution in [0.4, 0.5) is 5.69 Å². The van der Waals surface area contributed by atoms with Crippen LogP contribution < -0.4 is 4.90 Å². The van der Waals surface area contributed by atoms with Gasteiger partial charge in [-0.3, -0.25) is 0 Å². The van der Waals surface area contributed by atoms with Crippen molar-refractivity contribution in [1.82, 2.24) is 15.0 Å². The van der Waals surface area contributed by atoms with Gasteiger partial charge in [0, 0.05) is 18.5 Å². The number of hydrogen-bond donors (Lipinski definition) is 1. The minimum Gasteiger partial charge on any atom is -0.370 e. The van der Waals surface area contributed by atoms with Crippen LogP contribution in [0.15, 0.2) is 18.5 Å². The average Bonchev–Trinajstić information content (AvgIpc) is 3.14. The second-order valence-corrected chi connectivity index (χ2v) is 5.63. The molecule has 3 aromatic heterocycles. The molecule has 0 aromatic carbocycles. The van der Waals surface area contributed by atoms with Gasteiger partial charge in [0.15, 0.2) is 0 Å². The van der Waals surface area contributed by atoms with E-state index in [1.165, 1.54) is 12.8 Å². The molecule has 5 nitrogen and oxygen atoms in total. The second kappa shape index (κ2) is 4.61. The van der Waals surface area contributed by atoms with E-state index < -0.39 is 0 Å². The summed E-state index contributed by atoms with van der Waals surface area (Å²) in [6, 6.07) is 3.88. The zero-order valence-electron chi connectivity index (χ0n) is 11.2. The molecule has 104 valence electrons. The molecule has 1 fully saturated rings. The first kappa shape index (κ1) is 12.4. The second-order valence-electron chi connectivity index (χ2n) is 5.22.